The van der Waals surface area contributed by atoms with Crippen molar-refractivity contribution in [3.05, 3.63) is 12.2 Å². The zero-order chi connectivity index (χ0) is 16.8. The Morgan fingerprint density at radius 2 is 2.05 bits per heavy atom. The molecule has 0 unspecified atom stereocenters. The number of nitrogens with zero attached hydrogens (tertiary/aromatic N) is 2. The summed E-state index contributed by atoms with van der Waals surface area (Å²) in [4.78, 5) is 27.7. The van der Waals surface area contributed by atoms with E-state index in [4.69, 9.17) is 4.74 Å². The fraction of sp³-hybridized carbons (Fsp3) is 0.750. The van der Waals surface area contributed by atoms with Gasteiger partial charge in [-0.1, -0.05) is 6.08 Å². The van der Waals surface area contributed by atoms with Gasteiger partial charge in [-0.3, -0.25) is 4.79 Å². The van der Waals surface area contributed by atoms with Crippen molar-refractivity contribution >= 4 is 12.0 Å². The first-order valence-corrected chi connectivity index (χ1v) is 7.78. The van der Waals surface area contributed by atoms with Gasteiger partial charge in [0.15, 0.2) is 0 Å². The van der Waals surface area contributed by atoms with Crippen molar-refractivity contribution in [1.82, 2.24) is 15.1 Å². The van der Waals surface area contributed by atoms with Crippen molar-refractivity contribution < 1.29 is 14.3 Å². The number of alkyl carbamates (subject to hydrolysis) is 1. The van der Waals surface area contributed by atoms with E-state index in [9.17, 15) is 9.59 Å². The Morgan fingerprint density at radius 3 is 2.64 bits per heavy atom. The van der Waals surface area contributed by atoms with Crippen LogP contribution in [0.2, 0.25) is 0 Å². The number of amides is 2. The number of likely N-dealkylation sites (tertiary alicyclic amines) is 1. The third-order valence-electron chi connectivity index (χ3n) is 3.27. The molecule has 0 aromatic heterocycles. The van der Waals surface area contributed by atoms with Crippen LogP contribution in [0.1, 0.15) is 33.6 Å². The monoisotopic (exact) mass is 311 g/mol. The molecule has 0 bridgehead atoms. The predicted molar refractivity (Wildman–Crippen MR) is 86.7 cm³/mol. The summed E-state index contributed by atoms with van der Waals surface area (Å²) in [6.45, 7) is 7.39. The standard InChI is InChI=1S/C16H29N3O3/c1-16(2,3)22-15(21)17-12-13-8-6-11-19(13)14(20)9-7-10-18(4)5/h7,9,13H,6,8,10-12H2,1-5H3,(H,17,21)/b9-7+/t13-/m0/s1. The van der Waals surface area contributed by atoms with E-state index in [1.54, 1.807) is 6.08 Å². The highest BCUT2D eigenvalue weighted by molar-refractivity contribution is 5.88. The summed E-state index contributed by atoms with van der Waals surface area (Å²) >= 11 is 0. The van der Waals surface area contributed by atoms with Gasteiger partial charge in [-0.05, 0) is 47.7 Å². The van der Waals surface area contributed by atoms with E-state index in [-0.39, 0.29) is 11.9 Å². The summed E-state index contributed by atoms with van der Waals surface area (Å²) in [7, 11) is 3.91. The van der Waals surface area contributed by atoms with Crippen LogP contribution in [-0.2, 0) is 9.53 Å². The van der Waals surface area contributed by atoms with E-state index in [0.29, 0.717) is 6.54 Å². The Balaban J connectivity index is 2.44. The molecular formula is C16H29N3O3. The number of ether oxygens (including phenoxy) is 1. The zero-order valence-electron chi connectivity index (χ0n) is 14.4. The van der Waals surface area contributed by atoms with Crippen LogP contribution in [0.3, 0.4) is 0 Å². The zero-order valence-corrected chi connectivity index (χ0v) is 14.4. The molecule has 1 heterocycles. The molecule has 2 amide bonds. The molecule has 22 heavy (non-hydrogen) atoms. The third-order valence-corrected chi connectivity index (χ3v) is 3.27. The summed E-state index contributed by atoms with van der Waals surface area (Å²) in [6, 6.07) is 0.0454. The molecule has 1 aliphatic rings. The molecule has 0 aliphatic carbocycles. The molecule has 6 nitrogen and oxygen atoms in total. The summed E-state index contributed by atoms with van der Waals surface area (Å²) in [5.74, 6) is 0.00957. The van der Waals surface area contributed by atoms with Crippen LogP contribution >= 0.6 is 0 Å². The highest BCUT2D eigenvalue weighted by Crippen LogP contribution is 2.17. The summed E-state index contributed by atoms with van der Waals surface area (Å²) in [5.41, 5.74) is -0.510. The number of hydrogen-bond acceptors (Lipinski definition) is 4. The maximum Gasteiger partial charge on any atom is 0.407 e. The van der Waals surface area contributed by atoms with Crippen molar-refractivity contribution in [2.75, 3.05) is 33.7 Å². The molecule has 0 aromatic rings. The lowest BCUT2D eigenvalue weighted by Crippen LogP contribution is -2.43. The van der Waals surface area contributed by atoms with Gasteiger partial charge in [-0.25, -0.2) is 4.79 Å². The SMILES string of the molecule is CN(C)C/C=C/C(=O)N1CCC[C@H]1CNC(=O)OC(C)(C)C. The molecule has 1 atom stereocenters. The number of carbonyl (C=O) groups is 2. The highest BCUT2D eigenvalue weighted by Gasteiger charge is 2.28. The Bertz CT molecular complexity index is 413. The molecule has 6 heteroatoms. The summed E-state index contributed by atoms with van der Waals surface area (Å²) in [6.07, 6.45) is 4.91. The minimum Gasteiger partial charge on any atom is -0.444 e. The first-order valence-electron chi connectivity index (χ1n) is 7.78. The molecule has 0 aromatic carbocycles. The fourth-order valence-electron chi connectivity index (χ4n) is 2.31. The van der Waals surface area contributed by atoms with Crippen LogP contribution in [-0.4, -0.2) is 67.2 Å². The average molecular weight is 311 g/mol. The maximum atomic E-state index is 12.2. The topological polar surface area (TPSA) is 61.9 Å². The smallest absolute Gasteiger partial charge is 0.407 e. The lowest BCUT2D eigenvalue weighted by Gasteiger charge is -2.25. The Morgan fingerprint density at radius 1 is 1.36 bits per heavy atom. The molecule has 1 N–H and O–H groups in total. The molecule has 1 fully saturated rings. The van der Waals surface area contributed by atoms with Crippen LogP contribution < -0.4 is 5.32 Å². The van der Waals surface area contributed by atoms with Gasteiger partial charge in [0, 0.05) is 31.8 Å². The summed E-state index contributed by atoms with van der Waals surface area (Å²) in [5, 5.41) is 2.75. The minimum absolute atomic E-state index is 0.00957. The van der Waals surface area contributed by atoms with E-state index in [0.717, 1.165) is 25.9 Å². The van der Waals surface area contributed by atoms with E-state index >= 15 is 0 Å². The normalized spacial score (nSPS) is 19.0. The molecular weight excluding hydrogens is 282 g/mol. The third kappa shape index (κ3) is 6.93. The molecule has 1 saturated heterocycles. The van der Waals surface area contributed by atoms with Gasteiger partial charge in [0.1, 0.15) is 5.60 Å². The Hall–Kier alpha value is -1.56. The number of carbonyl (C=O) groups excluding carboxylic acids is 2. The van der Waals surface area contributed by atoms with Gasteiger partial charge < -0.3 is 19.9 Å². The van der Waals surface area contributed by atoms with Crippen LogP contribution in [0, 0.1) is 0 Å². The molecule has 0 spiro atoms. The Labute approximate surface area is 133 Å². The second-order valence-electron chi connectivity index (χ2n) is 6.88. The van der Waals surface area contributed by atoms with Crippen LogP contribution in [0.25, 0.3) is 0 Å². The average Bonchev–Trinajstić information content (AvgIpc) is 2.82. The maximum absolute atomic E-state index is 12.2. The van der Waals surface area contributed by atoms with E-state index in [2.05, 4.69) is 5.32 Å². The van der Waals surface area contributed by atoms with E-state index < -0.39 is 11.7 Å². The second-order valence-corrected chi connectivity index (χ2v) is 6.88. The van der Waals surface area contributed by atoms with Crippen molar-refractivity contribution in [1.29, 1.82) is 0 Å². The van der Waals surface area contributed by atoms with E-state index in [1.807, 2.05) is 50.7 Å². The first-order chi connectivity index (χ1) is 10.2. The highest BCUT2D eigenvalue weighted by atomic mass is 16.6. The lowest BCUT2D eigenvalue weighted by molar-refractivity contribution is -0.126. The number of nitrogens with one attached hydrogen (secondary N) is 1. The van der Waals surface area contributed by atoms with E-state index in [1.165, 1.54) is 0 Å². The van der Waals surface area contributed by atoms with Crippen LogP contribution in [0.4, 0.5) is 4.79 Å². The first kappa shape index (κ1) is 18.5. The van der Waals surface area contributed by atoms with Gasteiger partial charge in [0.05, 0.1) is 0 Å². The molecule has 1 rings (SSSR count). The van der Waals surface area contributed by atoms with Gasteiger partial charge in [0.25, 0.3) is 0 Å². The molecule has 1 aliphatic heterocycles. The van der Waals surface area contributed by atoms with Crippen LogP contribution in [0.5, 0.6) is 0 Å². The molecule has 126 valence electrons. The van der Waals surface area contributed by atoms with Crippen molar-refractivity contribution in [3.8, 4) is 0 Å². The number of likely N-dealkylation sites (N-methyl/N-ethyl adjacent to an activating group) is 1. The number of rotatable bonds is 5. The van der Waals surface area contributed by atoms with Crippen molar-refractivity contribution in [2.45, 2.75) is 45.3 Å². The molecule has 0 radical (unpaired) electrons. The van der Waals surface area contributed by atoms with Crippen molar-refractivity contribution in [3.63, 3.8) is 0 Å². The Kier molecular flexibility index (Phi) is 6.87. The largest absolute Gasteiger partial charge is 0.444 e. The van der Waals surface area contributed by atoms with Crippen molar-refractivity contribution in [2.24, 2.45) is 0 Å². The van der Waals surface area contributed by atoms with Gasteiger partial charge in [-0.2, -0.15) is 0 Å². The minimum atomic E-state index is -0.510. The lowest BCUT2D eigenvalue weighted by atomic mass is 10.2. The fourth-order valence-corrected chi connectivity index (χ4v) is 2.31. The van der Waals surface area contributed by atoms with Gasteiger partial charge >= 0.3 is 6.09 Å². The number of hydrogen-bond donors (Lipinski definition) is 1. The van der Waals surface area contributed by atoms with Gasteiger partial charge in [-0.15, -0.1) is 0 Å². The van der Waals surface area contributed by atoms with Crippen LogP contribution in [0.15, 0.2) is 12.2 Å². The van der Waals surface area contributed by atoms with Gasteiger partial charge in [0.2, 0.25) is 5.91 Å². The predicted octanol–water partition coefficient (Wildman–Crippen LogP) is 1.62. The summed E-state index contributed by atoms with van der Waals surface area (Å²) < 4.78 is 5.21. The quantitative estimate of drug-likeness (QED) is 0.784. The second kappa shape index (κ2) is 8.17. The molecule has 0 saturated carbocycles.